The molecule has 1 amide bonds. The van der Waals surface area contributed by atoms with Crippen LogP contribution in [0.25, 0.3) is 0 Å². The number of carbonyl (C=O) groups is 1. The Morgan fingerprint density at radius 3 is 2.00 bits per heavy atom. The maximum absolute atomic E-state index is 14.1. The van der Waals surface area contributed by atoms with Crippen molar-refractivity contribution in [2.24, 2.45) is 0 Å². The molecule has 0 aromatic heterocycles. The zero-order valence-corrected chi connectivity index (χ0v) is 15.7. The van der Waals surface area contributed by atoms with E-state index >= 15 is 0 Å². The molecule has 1 aliphatic rings. The minimum Gasteiger partial charge on any atom is -0.494 e. The largest absolute Gasteiger partial charge is 0.494 e. The van der Waals surface area contributed by atoms with Crippen LogP contribution in [0, 0.1) is 23.3 Å². The lowest BCUT2D eigenvalue weighted by molar-refractivity contribution is 0.0746. The highest BCUT2D eigenvalue weighted by Crippen LogP contribution is 2.34. The van der Waals surface area contributed by atoms with Gasteiger partial charge in [-0.05, 0) is 31.2 Å². The van der Waals surface area contributed by atoms with E-state index in [9.17, 15) is 22.4 Å². The molecule has 2 aromatic carbocycles. The summed E-state index contributed by atoms with van der Waals surface area (Å²) >= 11 is 5.25. The average molecular weight is 417 g/mol. The summed E-state index contributed by atoms with van der Waals surface area (Å²) in [6, 6.07) is 6.61. The maximum atomic E-state index is 14.1. The normalized spacial score (nSPS) is 14.4. The Morgan fingerprint density at radius 1 is 0.964 bits per heavy atom. The molecule has 28 heavy (non-hydrogen) atoms. The van der Waals surface area contributed by atoms with Crippen molar-refractivity contribution in [2.45, 2.75) is 6.92 Å². The molecule has 1 heterocycles. The number of ether oxygens (including phenoxy) is 1. The second-order valence-corrected chi connectivity index (χ2v) is 6.53. The zero-order chi connectivity index (χ0) is 20.4. The van der Waals surface area contributed by atoms with E-state index in [1.807, 2.05) is 6.92 Å². The van der Waals surface area contributed by atoms with E-state index < -0.39 is 34.0 Å². The summed E-state index contributed by atoms with van der Waals surface area (Å²) in [5.74, 6) is -5.98. The van der Waals surface area contributed by atoms with Crippen LogP contribution in [0.3, 0.4) is 0 Å². The standard InChI is InChI=1S/C19H17ClF4N2O2/c1-2-28-12-5-3-11(4-6-12)19(27)26-9-7-25(8-10-26)18-16(23)14(21)13(20)15(22)17(18)24/h3-6H,2,7-10H2,1H3. The number of hydrogen-bond acceptors (Lipinski definition) is 3. The van der Waals surface area contributed by atoms with Gasteiger partial charge in [-0.15, -0.1) is 0 Å². The van der Waals surface area contributed by atoms with E-state index in [1.54, 1.807) is 24.3 Å². The van der Waals surface area contributed by atoms with Gasteiger partial charge in [0.1, 0.15) is 16.5 Å². The molecule has 1 aliphatic heterocycles. The Bertz CT molecular complexity index is 855. The first-order chi connectivity index (χ1) is 13.3. The van der Waals surface area contributed by atoms with Crippen LogP contribution in [-0.2, 0) is 0 Å². The quantitative estimate of drug-likeness (QED) is 0.424. The van der Waals surface area contributed by atoms with Gasteiger partial charge in [-0.1, -0.05) is 11.6 Å². The van der Waals surface area contributed by atoms with Gasteiger partial charge in [0.2, 0.25) is 0 Å². The highest BCUT2D eigenvalue weighted by atomic mass is 35.5. The SMILES string of the molecule is CCOc1ccc(C(=O)N2CCN(c3c(F)c(F)c(Cl)c(F)c3F)CC2)cc1. The van der Waals surface area contributed by atoms with Gasteiger partial charge in [-0.3, -0.25) is 4.79 Å². The monoisotopic (exact) mass is 416 g/mol. The fourth-order valence-electron chi connectivity index (χ4n) is 3.05. The van der Waals surface area contributed by atoms with Crippen LogP contribution in [0.4, 0.5) is 23.2 Å². The topological polar surface area (TPSA) is 32.8 Å². The van der Waals surface area contributed by atoms with E-state index in [-0.39, 0.29) is 32.1 Å². The number of carbonyl (C=O) groups excluding carboxylic acids is 1. The van der Waals surface area contributed by atoms with Crippen LogP contribution in [-0.4, -0.2) is 43.6 Å². The molecule has 0 spiro atoms. The van der Waals surface area contributed by atoms with E-state index in [4.69, 9.17) is 16.3 Å². The van der Waals surface area contributed by atoms with Crippen LogP contribution in [0.15, 0.2) is 24.3 Å². The molecule has 0 bridgehead atoms. The first-order valence-electron chi connectivity index (χ1n) is 8.63. The van der Waals surface area contributed by atoms with Gasteiger partial charge in [0, 0.05) is 31.7 Å². The number of hydrogen-bond donors (Lipinski definition) is 0. The van der Waals surface area contributed by atoms with Gasteiger partial charge in [0.15, 0.2) is 23.3 Å². The Kier molecular flexibility index (Phi) is 5.98. The van der Waals surface area contributed by atoms with Crippen molar-refractivity contribution in [3.05, 3.63) is 58.1 Å². The van der Waals surface area contributed by atoms with Crippen molar-refractivity contribution in [1.82, 2.24) is 4.90 Å². The third kappa shape index (κ3) is 3.73. The smallest absolute Gasteiger partial charge is 0.253 e. The summed E-state index contributed by atoms with van der Waals surface area (Å²) in [5.41, 5.74) is -0.370. The third-order valence-corrected chi connectivity index (χ3v) is 4.81. The van der Waals surface area contributed by atoms with Crippen LogP contribution in [0.2, 0.25) is 5.02 Å². The minimum atomic E-state index is -1.64. The fraction of sp³-hybridized carbons (Fsp3) is 0.316. The molecule has 150 valence electrons. The van der Waals surface area contributed by atoms with E-state index in [1.165, 1.54) is 4.90 Å². The molecule has 1 fully saturated rings. The summed E-state index contributed by atoms with van der Waals surface area (Å²) in [6.45, 7) is 2.65. The summed E-state index contributed by atoms with van der Waals surface area (Å²) in [7, 11) is 0. The predicted octanol–water partition coefficient (Wildman–Crippen LogP) is 4.26. The highest BCUT2D eigenvalue weighted by Gasteiger charge is 2.31. The van der Waals surface area contributed by atoms with Crippen molar-refractivity contribution in [1.29, 1.82) is 0 Å². The lowest BCUT2D eigenvalue weighted by atomic mass is 10.1. The molecular weight excluding hydrogens is 400 g/mol. The van der Waals surface area contributed by atoms with E-state index in [0.29, 0.717) is 17.9 Å². The number of amides is 1. The van der Waals surface area contributed by atoms with Gasteiger partial charge in [-0.2, -0.15) is 0 Å². The lowest BCUT2D eigenvalue weighted by Gasteiger charge is -2.36. The summed E-state index contributed by atoms with van der Waals surface area (Å²) in [5, 5.41) is -1.22. The molecule has 4 nitrogen and oxygen atoms in total. The molecule has 0 saturated carbocycles. The van der Waals surface area contributed by atoms with Gasteiger partial charge < -0.3 is 14.5 Å². The van der Waals surface area contributed by atoms with E-state index in [0.717, 1.165) is 4.90 Å². The van der Waals surface area contributed by atoms with Crippen molar-refractivity contribution < 1.29 is 27.1 Å². The number of nitrogens with zero attached hydrogens (tertiary/aromatic N) is 2. The van der Waals surface area contributed by atoms with Crippen LogP contribution in [0.5, 0.6) is 5.75 Å². The first-order valence-corrected chi connectivity index (χ1v) is 9.01. The fourth-order valence-corrected chi connectivity index (χ4v) is 3.21. The molecule has 0 radical (unpaired) electrons. The summed E-state index contributed by atoms with van der Waals surface area (Å²) in [4.78, 5) is 15.2. The number of halogens is 5. The minimum absolute atomic E-state index is 0.0110. The van der Waals surface area contributed by atoms with Crippen molar-refractivity contribution >= 4 is 23.2 Å². The van der Waals surface area contributed by atoms with Crippen LogP contribution < -0.4 is 9.64 Å². The van der Waals surface area contributed by atoms with Gasteiger partial charge in [0.25, 0.3) is 5.91 Å². The highest BCUT2D eigenvalue weighted by molar-refractivity contribution is 6.31. The second-order valence-electron chi connectivity index (χ2n) is 6.16. The van der Waals surface area contributed by atoms with Crippen molar-refractivity contribution in [2.75, 3.05) is 37.7 Å². The van der Waals surface area contributed by atoms with Crippen LogP contribution in [0.1, 0.15) is 17.3 Å². The molecule has 1 saturated heterocycles. The van der Waals surface area contributed by atoms with E-state index in [2.05, 4.69) is 0 Å². The van der Waals surface area contributed by atoms with Gasteiger partial charge in [0.05, 0.1) is 6.61 Å². The van der Waals surface area contributed by atoms with Gasteiger partial charge in [-0.25, -0.2) is 17.6 Å². The van der Waals surface area contributed by atoms with Crippen molar-refractivity contribution in [3.63, 3.8) is 0 Å². The van der Waals surface area contributed by atoms with Crippen LogP contribution >= 0.6 is 11.6 Å². The Labute approximate surface area is 164 Å². The maximum Gasteiger partial charge on any atom is 0.253 e. The molecule has 0 N–H and O–H groups in total. The number of piperazine rings is 1. The molecule has 2 aromatic rings. The summed E-state index contributed by atoms with van der Waals surface area (Å²) < 4.78 is 60.9. The number of rotatable bonds is 4. The molecule has 9 heteroatoms. The predicted molar refractivity (Wildman–Crippen MR) is 97.0 cm³/mol. The third-order valence-electron chi connectivity index (χ3n) is 4.48. The Balaban J connectivity index is 1.72. The number of benzene rings is 2. The molecule has 0 unspecified atom stereocenters. The Morgan fingerprint density at radius 2 is 1.50 bits per heavy atom. The van der Waals surface area contributed by atoms with Gasteiger partial charge >= 0.3 is 0 Å². The molecule has 0 atom stereocenters. The zero-order valence-electron chi connectivity index (χ0n) is 14.9. The van der Waals surface area contributed by atoms with Crippen molar-refractivity contribution in [3.8, 4) is 5.75 Å². The Hall–Kier alpha value is -2.48. The first kappa shape index (κ1) is 20.3. The average Bonchev–Trinajstić information content (AvgIpc) is 2.72. The lowest BCUT2D eigenvalue weighted by Crippen LogP contribution is -2.49. The molecular formula is C19H17ClF4N2O2. The second kappa shape index (κ2) is 8.26. The number of anilines is 1. The molecule has 0 aliphatic carbocycles. The molecule has 3 rings (SSSR count). The summed E-state index contributed by atoms with van der Waals surface area (Å²) in [6.07, 6.45) is 0.